The van der Waals surface area contributed by atoms with Gasteiger partial charge in [-0.3, -0.25) is 10.2 Å². The lowest BCUT2D eigenvalue weighted by Gasteiger charge is -2.04. The van der Waals surface area contributed by atoms with Crippen molar-refractivity contribution in [3.8, 4) is 0 Å². The lowest BCUT2D eigenvalue weighted by atomic mass is 10.3. The van der Waals surface area contributed by atoms with Crippen molar-refractivity contribution >= 4 is 49.9 Å². The number of nitrogen functional groups attached to an aromatic ring is 1. The molecule has 1 aromatic carbocycles. The van der Waals surface area contributed by atoms with Crippen molar-refractivity contribution in [3.63, 3.8) is 0 Å². The molecule has 0 fully saturated rings. The van der Waals surface area contributed by atoms with E-state index in [1.807, 2.05) is 0 Å². The van der Waals surface area contributed by atoms with Crippen LogP contribution in [0, 0.1) is 0 Å². The number of carbonyl (C=O) groups excluding carboxylic acids is 1. The minimum Gasteiger partial charge on any atom is -0.325 e. The lowest BCUT2D eigenvalue weighted by Crippen LogP contribution is -2.09. The molecule has 2 aromatic rings. The first kappa shape index (κ1) is 12.1. The van der Waals surface area contributed by atoms with Crippen LogP contribution in [0.1, 0.15) is 13.3 Å². The van der Waals surface area contributed by atoms with E-state index in [9.17, 15) is 4.79 Å². The summed E-state index contributed by atoms with van der Waals surface area (Å²) < 4.78 is 0.812. The van der Waals surface area contributed by atoms with Gasteiger partial charge in [0.1, 0.15) is 5.52 Å². The number of thiazole rings is 1. The lowest BCUT2D eigenvalue weighted by molar-refractivity contribution is -0.115. The first-order valence-corrected chi connectivity index (χ1v) is 6.20. The van der Waals surface area contributed by atoms with E-state index in [2.05, 4.69) is 15.7 Å². The minimum absolute atomic E-state index is 0.0516. The second kappa shape index (κ2) is 4.87. The van der Waals surface area contributed by atoms with Crippen LogP contribution in [0.4, 0.5) is 10.8 Å². The Morgan fingerprint density at radius 3 is 3.00 bits per heavy atom. The third kappa shape index (κ3) is 2.33. The molecular formula is C10H11ClN4OS. The van der Waals surface area contributed by atoms with E-state index in [4.69, 9.17) is 17.4 Å². The van der Waals surface area contributed by atoms with Crippen molar-refractivity contribution in [1.82, 2.24) is 4.98 Å². The first-order valence-electron chi connectivity index (χ1n) is 5.01. The number of hydrogen-bond donors (Lipinski definition) is 3. The highest BCUT2D eigenvalue weighted by atomic mass is 35.5. The standard InChI is InChI=1S/C10H11ClN4OS/c1-2-7(16)13-6-4-3-5(11)8-9(6)17-10(14-8)15-12/h3-4H,2,12H2,1H3,(H,13,16)(H,14,15). The number of fused-ring (bicyclic) bond motifs is 1. The van der Waals surface area contributed by atoms with Crippen molar-refractivity contribution in [2.75, 3.05) is 10.7 Å². The van der Waals surface area contributed by atoms with Crippen molar-refractivity contribution in [2.45, 2.75) is 13.3 Å². The van der Waals surface area contributed by atoms with E-state index in [1.54, 1.807) is 19.1 Å². The van der Waals surface area contributed by atoms with E-state index in [-0.39, 0.29) is 5.91 Å². The molecule has 1 heterocycles. The van der Waals surface area contributed by atoms with Crippen molar-refractivity contribution in [1.29, 1.82) is 0 Å². The van der Waals surface area contributed by atoms with Crippen LogP contribution < -0.4 is 16.6 Å². The Hall–Kier alpha value is -1.37. The average Bonchev–Trinajstić information content (AvgIpc) is 2.77. The van der Waals surface area contributed by atoms with Gasteiger partial charge in [0.05, 0.1) is 15.4 Å². The molecule has 0 aliphatic carbocycles. The van der Waals surface area contributed by atoms with Crippen LogP contribution in [0.2, 0.25) is 5.02 Å². The summed E-state index contributed by atoms with van der Waals surface area (Å²) in [5.41, 5.74) is 3.82. The average molecular weight is 271 g/mol. The third-order valence-electron chi connectivity index (χ3n) is 2.21. The minimum atomic E-state index is -0.0516. The summed E-state index contributed by atoms with van der Waals surface area (Å²) in [5.74, 6) is 5.26. The van der Waals surface area contributed by atoms with Crippen LogP contribution in [0.25, 0.3) is 10.2 Å². The highest BCUT2D eigenvalue weighted by molar-refractivity contribution is 7.22. The fourth-order valence-electron chi connectivity index (χ4n) is 1.37. The summed E-state index contributed by atoms with van der Waals surface area (Å²) in [7, 11) is 0. The van der Waals surface area contributed by atoms with E-state index in [1.165, 1.54) is 11.3 Å². The number of nitrogens with one attached hydrogen (secondary N) is 2. The molecule has 5 nitrogen and oxygen atoms in total. The Bertz CT molecular complexity index is 569. The van der Waals surface area contributed by atoms with Gasteiger partial charge in [-0.25, -0.2) is 10.8 Å². The number of nitrogens with two attached hydrogens (primary N) is 1. The third-order valence-corrected chi connectivity index (χ3v) is 3.54. The summed E-state index contributed by atoms with van der Waals surface area (Å²) >= 11 is 7.38. The maximum absolute atomic E-state index is 11.4. The number of hydrazine groups is 1. The number of hydrogen-bond acceptors (Lipinski definition) is 5. The molecule has 90 valence electrons. The molecule has 7 heteroatoms. The Labute approximate surface area is 107 Å². The summed E-state index contributed by atoms with van der Waals surface area (Å²) in [6, 6.07) is 3.46. The van der Waals surface area contributed by atoms with Crippen LogP contribution in [-0.4, -0.2) is 10.9 Å². The van der Waals surface area contributed by atoms with Gasteiger partial charge in [-0.15, -0.1) is 0 Å². The Morgan fingerprint density at radius 1 is 1.59 bits per heavy atom. The quantitative estimate of drug-likeness (QED) is 0.592. The number of rotatable bonds is 3. The molecule has 0 spiro atoms. The van der Waals surface area contributed by atoms with Gasteiger partial charge in [0.25, 0.3) is 0 Å². The molecule has 1 amide bonds. The van der Waals surface area contributed by atoms with Gasteiger partial charge in [-0.2, -0.15) is 0 Å². The molecule has 0 aliphatic rings. The second-order valence-corrected chi connectivity index (χ2v) is 4.74. The maximum atomic E-state index is 11.4. The highest BCUT2D eigenvalue weighted by Gasteiger charge is 2.12. The number of halogens is 1. The van der Waals surface area contributed by atoms with Gasteiger partial charge in [0.15, 0.2) is 5.13 Å². The van der Waals surface area contributed by atoms with Crippen LogP contribution in [-0.2, 0) is 4.79 Å². The Balaban J connectivity index is 2.52. The number of carbonyl (C=O) groups is 1. The zero-order valence-corrected chi connectivity index (χ0v) is 10.7. The number of benzene rings is 1. The molecule has 17 heavy (non-hydrogen) atoms. The molecule has 0 radical (unpaired) electrons. The first-order chi connectivity index (χ1) is 8.15. The smallest absolute Gasteiger partial charge is 0.224 e. The predicted octanol–water partition coefficient (Wildman–Crippen LogP) is 2.58. The van der Waals surface area contributed by atoms with Gasteiger partial charge in [-0.05, 0) is 12.1 Å². The predicted molar refractivity (Wildman–Crippen MR) is 71.4 cm³/mol. The van der Waals surface area contributed by atoms with Crippen molar-refractivity contribution in [2.24, 2.45) is 5.84 Å². The monoisotopic (exact) mass is 270 g/mol. The van der Waals surface area contributed by atoms with Gasteiger partial charge < -0.3 is 5.32 Å². The molecule has 0 aliphatic heterocycles. The van der Waals surface area contributed by atoms with Gasteiger partial charge in [-0.1, -0.05) is 29.9 Å². The number of anilines is 2. The summed E-state index contributed by atoms with van der Waals surface area (Å²) in [5, 5.41) is 3.89. The SMILES string of the molecule is CCC(=O)Nc1ccc(Cl)c2nc(NN)sc12. The normalized spacial score (nSPS) is 10.5. The van der Waals surface area contributed by atoms with Gasteiger partial charge in [0, 0.05) is 6.42 Å². The molecule has 0 saturated carbocycles. The van der Waals surface area contributed by atoms with Crippen molar-refractivity contribution < 1.29 is 4.79 Å². The van der Waals surface area contributed by atoms with Crippen LogP contribution in [0.15, 0.2) is 12.1 Å². The summed E-state index contributed by atoms with van der Waals surface area (Å²) in [6.07, 6.45) is 0.422. The molecule has 2 rings (SSSR count). The number of amides is 1. The van der Waals surface area contributed by atoms with Crippen LogP contribution in [0.5, 0.6) is 0 Å². The van der Waals surface area contributed by atoms with Gasteiger partial charge >= 0.3 is 0 Å². The van der Waals surface area contributed by atoms with Crippen molar-refractivity contribution in [3.05, 3.63) is 17.2 Å². The Morgan fingerprint density at radius 2 is 2.35 bits per heavy atom. The fraction of sp³-hybridized carbons (Fsp3) is 0.200. The summed E-state index contributed by atoms with van der Waals surface area (Å²) in [6.45, 7) is 1.79. The molecule has 4 N–H and O–H groups in total. The largest absolute Gasteiger partial charge is 0.325 e. The molecular weight excluding hydrogens is 260 g/mol. The molecule has 0 bridgehead atoms. The van der Waals surface area contributed by atoms with E-state index in [0.717, 1.165) is 4.70 Å². The molecule has 0 atom stereocenters. The topological polar surface area (TPSA) is 80.0 Å². The molecule has 0 saturated heterocycles. The van der Waals surface area contributed by atoms with Gasteiger partial charge in [0.2, 0.25) is 5.91 Å². The Kier molecular flexibility index (Phi) is 3.46. The zero-order valence-electron chi connectivity index (χ0n) is 9.08. The van der Waals surface area contributed by atoms with E-state index >= 15 is 0 Å². The number of aromatic nitrogens is 1. The fourth-order valence-corrected chi connectivity index (χ4v) is 2.50. The highest BCUT2D eigenvalue weighted by Crippen LogP contribution is 2.36. The molecule has 1 aromatic heterocycles. The zero-order chi connectivity index (χ0) is 12.4. The van der Waals surface area contributed by atoms with E-state index < -0.39 is 0 Å². The summed E-state index contributed by atoms with van der Waals surface area (Å²) in [4.78, 5) is 15.6. The van der Waals surface area contributed by atoms with Crippen LogP contribution >= 0.6 is 22.9 Å². The number of nitrogens with zero attached hydrogens (tertiary/aromatic N) is 1. The van der Waals surface area contributed by atoms with E-state index in [0.29, 0.717) is 27.8 Å². The second-order valence-electron chi connectivity index (χ2n) is 3.34. The molecule has 0 unspecified atom stereocenters. The maximum Gasteiger partial charge on any atom is 0.224 e. The van der Waals surface area contributed by atoms with Crippen LogP contribution in [0.3, 0.4) is 0 Å².